The van der Waals surface area contributed by atoms with Gasteiger partial charge in [-0.05, 0) is 19.9 Å². The Morgan fingerprint density at radius 2 is 2.31 bits per heavy atom. The molecule has 1 aliphatic rings. The molecular weight excluding hydrogens is 210 g/mol. The Kier molecular flexibility index (Phi) is 2.35. The predicted molar refractivity (Wildman–Crippen MR) is 55.6 cm³/mol. The Labute approximate surface area is 92.7 Å². The zero-order chi connectivity index (χ0) is 11.9. The van der Waals surface area contributed by atoms with Crippen molar-refractivity contribution in [3.8, 4) is 5.88 Å². The number of ether oxygens (including phenoxy) is 1. The zero-order valence-electron chi connectivity index (χ0n) is 9.10. The van der Waals surface area contributed by atoms with Gasteiger partial charge in [0.2, 0.25) is 5.88 Å². The van der Waals surface area contributed by atoms with Crippen LogP contribution in [0.25, 0.3) is 0 Å². The van der Waals surface area contributed by atoms with Gasteiger partial charge in [-0.3, -0.25) is 0 Å². The Balaban J connectivity index is 2.40. The monoisotopic (exact) mass is 223 g/mol. The van der Waals surface area contributed by atoms with Crippen molar-refractivity contribution in [1.82, 2.24) is 4.98 Å². The first-order valence-corrected chi connectivity index (χ1v) is 4.99. The van der Waals surface area contributed by atoms with E-state index in [0.717, 1.165) is 0 Å². The fraction of sp³-hybridized carbons (Fsp3) is 0.455. The van der Waals surface area contributed by atoms with Crippen LogP contribution in [0.15, 0.2) is 12.3 Å². The summed E-state index contributed by atoms with van der Waals surface area (Å²) in [5.74, 6) is -0.630. The highest BCUT2D eigenvalue weighted by Gasteiger charge is 2.36. The van der Waals surface area contributed by atoms with Gasteiger partial charge in [0.1, 0.15) is 5.60 Å². The minimum Gasteiger partial charge on any atom is -0.478 e. The number of carboxylic acid groups (broad SMARTS) is 1. The molecule has 2 heterocycles. The molecule has 5 nitrogen and oxygen atoms in total. The van der Waals surface area contributed by atoms with Crippen molar-refractivity contribution in [2.75, 3.05) is 0 Å². The van der Waals surface area contributed by atoms with E-state index in [2.05, 4.69) is 4.98 Å². The van der Waals surface area contributed by atoms with Crippen LogP contribution in [0.5, 0.6) is 5.88 Å². The molecule has 1 aromatic rings. The van der Waals surface area contributed by atoms with Crippen LogP contribution in [0, 0.1) is 0 Å². The summed E-state index contributed by atoms with van der Waals surface area (Å²) in [4.78, 5) is 14.7. The second kappa shape index (κ2) is 3.45. The molecule has 0 radical (unpaired) electrons. The van der Waals surface area contributed by atoms with E-state index in [1.54, 1.807) is 13.8 Å². The van der Waals surface area contributed by atoms with Crippen molar-refractivity contribution in [3.63, 3.8) is 0 Å². The van der Waals surface area contributed by atoms with Gasteiger partial charge >= 0.3 is 5.97 Å². The topological polar surface area (TPSA) is 79.7 Å². The van der Waals surface area contributed by atoms with Crippen LogP contribution in [0.1, 0.15) is 29.8 Å². The summed E-state index contributed by atoms with van der Waals surface area (Å²) >= 11 is 0. The summed E-state index contributed by atoms with van der Waals surface area (Å²) in [7, 11) is 0. The third-order valence-electron chi connectivity index (χ3n) is 2.75. The lowest BCUT2D eigenvalue weighted by Crippen LogP contribution is -2.46. The molecule has 0 amide bonds. The van der Waals surface area contributed by atoms with Crippen molar-refractivity contribution < 1.29 is 19.7 Å². The average molecular weight is 223 g/mol. The van der Waals surface area contributed by atoms with Crippen molar-refractivity contribution >= 4 is 5.97 Å². The SMILES string of the molecule is CC1(C)Oc2ncc(C(=O)O)cc2CC1O. The largest absolute Gasteiger partial charge is 0.478 e. The van der Waals surface area contributed by atoms with Crippen LogP contribution in [-0.4, -0.2) is 32.9 Å². The number of fused-ring (bicyclic) bond motifs is 1. The first-order valence-electron chi connectivity index (χ1n) is 4.99. The lowest BCUT2D eigenvalue weighted by molar-refractivity contribution is -0.0443. The molecule has 0 saturated heterocycles. The second-order valence-electron chi connectivity index (χ2n) is 4.42. The quantitative estimate of drug-likeness (QED) is 0.738. The van der Waals surface area contributed by atoms with Gasteiger partial charge in [0, 0.05) is 18.2 Å². The maximum atomic E-state index is 10.8. The van der Waals surface area contributed by atoms with Crippen molar-refractivity contribution in [2.24, 2.45) is 0 Å². The molecule has 0 aliphatic carbocycles. The maximum Gasteiger partial charge on any atom is 0.337 e. The van der Waals surface area contributed by atoms with Crippen LogP contribution >= 0.6 is 0 Å². The normalized spacial score (nSPS) is 22.1. The van der Waals surface area contributed by atoms with E-state index >= 15 is 0 Å². The standard InChI is InChI=1S/C11H13NO4/c1-11(2)8(13)4-6-3-7(10(14)15)5-12-9(6)16-11/h3,5,8,13H,4H2,1-2H3,(H,14,15). The highest BCUT2D eigenvalue weighted by atomic mass is 16.5. The molecule has 0 saturated carbocycles. The molecule has 0 bridgehead atoms. The first kappa shape index (κ1) is 10.9. The van der Waals surface area contributed by atoms with Gasteiger partial charge in [-0.25, -0.2) is 9.78 Å². The lowest BCUT2D eigenvalue weighted by Gasteiger charge is -2.36. The number of aliphatic hydroxyl groups excluding tert-OH is 1. The van der Waals surface area contributed by atoms with Crippen LogP contribution < -0.4 is 4.74 Å². The second-order valence-corrected chi connectivity index (χ2v) is 4.42. The fourth-order valence-electron chi connectivity index (χ4n) is 1.62. The van der Waals surface area contributed by atoms with Gasteiger partial charge in [-0.15, -0.1) is 0 Å². The van der Waals surface area contributed by atoms with Gasteiger partial charge in [0.15, 0.2) is 0 Å². The van der Waals surface area contributed by atoms with Gasteiger partial charge in [-0.1, -0.05) is 0 Å². The molecule has 5 heteroatoms. The van der Waals surface area contributed by atoms with E-state index in [9.17, 15) is 9.90 Å². The summed E-state index contributed by atoms with van der Waals surface area (Å²) in [6.45, 7) is 3.54. The first-order chi connectivity index (χ1) is 7.40. The molecule has 2 rings (SSSR count). The van der Waals surface area contributed by atoms with Crippen molar-refractivity contribution in [2.45, 2.75) is 32.0 Å². The average Bonchev–Trinajstić information content (AvgIpc) is 2.18. The highest BCUT2D eigenvalue weighted by Crippen LogP contribution is 2.31. The molecule has 1 aliphatic heterocycles. The smallest absolute Gasteiger partial charge is 0.337 e. The van der Waals surface area contributed by atoms with Crippen LogP contribution in [-0.2, 0) is 6.42 Å². The van der Waals surface area contributed by atoms with Gasteiger partial charge < -0.3 is 14.9 Å². The zero-order valence-corrected chi connectivity index (χ0v) is 9.10. The number of hydrogen-bond donors (Lipinski definition) is 2. The molecule has 2 N–H and O–H groups in total. The maximum absolute atomic E-state index is 10.8. The summed E-state index contributed by atoms with van der Waals surface area (Å²) in [5, 5.41) is 18.6. The van der Waals surface area contributed by atoms with Gasteiger partial charge in [0.25, 0.3) is 0 Å². The Bertz CT molecular complexity index is 442. The molecule has 16 heavy (non-hydrogen) atoms. The third-order valence-corrected chi connectivity index (χ3v) is 2.75. The Morgan fingerprint density at radius 1 is 1.62 bits per heavy atom. The fourth-order valence-corrected chi connectivity index (χ4v) is 1.62. The summed E-state index contributed by atoms with van der Waals surface area (Å²) in [6.07, 6.45) is 0.955. The Hall–Kier alpha value is -1.62. The minimum absolute atomic E-state index is 0.106. The molecule has 1 atom stereocenters. The van der Waals surface area contributed by atoms with Crippen LogP contribution in [0.3, 0.4) is 0 Å². The molecule has 0 aromatic carbocycles. The summed E-state index contributed by atoms with van der Waals surface area (Å²) in [5.41, 5.74) is 0.0473. The number of carboxylic acids is 1. The summed E-state index contributed by atoms with van der Waals surface area (Å²) in [6, 6.07) is 1.49. The number of nitrogens with zero attached hydrogens (tertiary/aromatic N) is 1. The number of rotatable bonds is 1. The number of aliphatic hydroxyl groups is 1. The minimum atomic E-state index is -1.03. The van der Waals surface area contributed by atoms with E-state index in [1.807, 2.05) is 0 Å². The van der Waals surface area contributed by atoms with Crippen molar-refractivity contribution in [1.29, 1.82) is 0 Å². The van der Waals surface area contributed by atoms with Gasteiger partial charge in [-0.2, -0.15) is 0 Å². The van der Waals surface area contributed by atoms with E-state index in [-0.39, 0.29) is 5.56 Å². The van der Waals surface area contributed by atoms with E-state index < -0.39 is 17.7 Å². The summed E-state index contributed by atoms with van der Waals surface area (Å²) < 4.78 is 5.51. The number of aromatic carboxylic acids is 1. The number of pyridine rings is 1. The predicted octanol–water partition coefficient (Wildman–Crippen LogP) is 0.854. The van der Waals surface area contributed by atoms with E-state index in [0.29, 0.717) is 17.9 Å². The molecule has 1 unspecified atom stereocenters. The van der Waals surface area contributed by atoms with Crippen LogP contribution in [0.2, 0.25) is 0 Å². The Morgan fingerprint density at radius 3 is 2.94 bits per heavy atom. The van der Waals surface area contributed by atoms with E-state index in [4.69, 9.17) is 9.84 Å². The highest BCUT2D eigenvalue weighted by molar-refractivity contribution is 5.87. The van der Waals surface area contributed by atoms with Gasteiger partial charge in [0.05, 0.1) is 11.7 Å². The lowest BCUT2D eigenvalue weighted by atomic mass is 9.92. The number of carbonyl (C=O) groups is 1. The molecule has 1 aromatic heterocycles. The molecule has 0 fully saturated rings. The third kappa shape index (κ3) is 1.74. The van der Waals surface area contributed by atoms with E-state index in [1.165, 1.54) is 12.3 Å². The van der Waals surface area contributed by atoms with Crippen molar-refractivity contribution in [3.05, 3.63) is 23.4 Å². The molecule has 86 valence electrons. The number of aromatic nitrogens is 1. The molecular formula is C11H13NO4. The molecule has 0 spiro atoms. The number of hydrogen-bond acceptors (Lipinski definition) is 4. The van der Waals surface area contributed by atoms with Crippen LogP contribution in [0.4, 0.5) is 0 Å².